The van der Waals surface area contributed by atoms with E-state index in [2.05, 4.69) is 26.6 Å². The number of carbonyl (C=O) groups excluding carboxylic acids is 2. The van der Waals surface area contributed by atoms with Crippen LogP contribution in [0.5, 0.6) is 5.75 Å². The second-order valence-corrected chi connectivity index (χ2v) is 7.97. The monoisotopic (exact) mass is 482 g/mol. The molecule has 150 valence electrons. The lowest BCUT2D eigenvalue weighted by molar-refractivity contribution is -0.118. The summed E-state index contributed by atoms with van der Waals surface area (Å²) >= 11 is 9.41. The van der Waals surface area contributed by atoms with E-state index in [-0.39, 0.29) is 18.4 Å². The van der Waals surface area contributed by atoms with Crippen LogP contribution in [-0.4, -0.2) is 18.4 Å². The van der Waals surface area contributed by atoms with Gasteiger partial charge in [0.1, 0.15) is 5.75 Å². The van der Waals surface area contributed by atoms with E-state index >= 15 is 0 Å². The van der Waals surface area contributed by atoms with E-state index in [4.69, 9.17) is 16.3 Å². The van der Waals surface area contributed by atoms with E-state index in [0.29, 0.717) is 22.0 Å². The average Bonchev–Trinajstić information content (AvgIpc) is 3.04. The highest BCUT2D eigenvalue weighted by molar-refractivity contribution is 9.10. The third-order valence-corrected chi connectivity index (χ3v) is 5.22. The highest BCUT2D eigenvalue weighted by atomic mass is 79.9. The second-order valence-electron chi connectivity index (χ2n) is 6.61. The molecule has 1 heterocycles. The zero-order valence-corrected chi connectivity index (χ0v) is 18.0. The van der Waals surface area contributed by atoms with Gasteiger partial charge < -0.3 is 15.4 Å². The molecule has 1 aliphatic heterocycles. The Morgan fingerprint density at radius 2 is 1.80 bits per heavy atom. The molecule has 0 saturated heterocycles. The molecule has 0 atom stereocenters. The van der Waals surface area contributed by atoms with Crippen molar-refractivity contribution < 1.29 is 14.3 Å². The van der Waals surface area contributed by atoms with Crippen molar-refractivity contribution in [3.05, 3.63) is 87.4 Å². The lowest BCUT2D eigenvalue weighted by Gasteiger charge is -2.08. The van der Waals surface area contributed by atoms with Gasteiger partial charge in [-0.15, -0.1) is 0 Å². The second kappa shape index (κ2) is 8.73. The van der Waals surface area contributed by atoms with Crippen molar-refractivity contribution in [2.45, 2.75) is 0 Å². The molecule has 30 heavy (non-hydrogen) atoms. The lowest BCUT2D eigenvalue weighted by Crippen LogP contribution is -2.20. The molecule has 0 unspecified atom stereocenters. The number of rotatable bonds is 5. The molecular formula is C23H16BrClN2O3. The first-order valence-electron chi connectivity index (χ1n) is 9.09. The van der Waals surface area contributed by atoms with Crippen LogP contribution in [0.4, 0.5) is 11.4 Å². The number of nitrogens with one attached hydrogen (secondary N) is 2. The van der Waals surface area contributed by atoms with Crippen LogP contribution >= 0.6 is 27.5 Å². The Balaban J connectivity index is 1.39. The van der Waals surface area contributed by atoms with Crippen LogP contribution in [0.1, 0.15) is 11.1 Å². The third-order valence-electron chi connectivity index (χ3n) is 4.45. The SMILES string of the molecule is O=C(COc1ccc(/C=C2/C(=O)Nc3ccc(Cl)cc32)cc1)Nc1ccc(Br)cc1. The fourth-order valence-corrected chi connectivity index (χ4v) is 3.45. The van der Waals surface area contributed by atoms with Gasteiger partial charge >= 0.3 is 0 Å². The Morgan fingerprint density at radius 3 is 2.53 bits per heavy atom. The maximum atomic E-state index is 12.3. The summed E-state index contributed by atoms with van der Waals surface area (Å²) in [5, 5.41) is 6.16. The highest BCUT2D eigenvalue weighted by Gasteiger charge is 2.24. The van der Waals surface area contributed by atoms with Crippen molar-refractivity contribution in [1.82, 2.24) is 0 Å². The molecule has 0 saturated carbocycles. The van der Waals surface area contributed by atoms with Gasteiger partial charge in [0, 0.05) is 32.0 Å². The first-order chi connectivity index (χ1) is 14.5. The minimum absolute atomic E-state index is 0.106. The Morgan fingerprint density at radius 1 is 1.07 bits per heavy atom. The first-order valence-corrected chi connectivity index (χ1v) is 10.3. The van der Waals surface area contributed by atoms with Gasteiger partial charge in [0.2, 0.25) is 0 Å². The number of anilines is 2. The van der Waals surface area contributed by atoms with E-state index < -0.39 is 0 Å². The smallest absolute Gasteiger partial charge is 0.262 e. The van der Waals surface area contributed by atoms with E-state index in [1.807, 2.05) is 24.3 Å². The maximum Gasteiger partial charge on any atom is 0.262 e. The summed E-state index contributed by atoms with van der Waals surface area (Å²) in [6.07, 6.45) is 1.79. The molecular weight excluding hydrogens is 468 g/mol. The lowest BCUT2D eigenvalue weighted by atomic mass is 10.0. The molecule has 0 aromatic heterocycles. The van der Waals surface area contributed by atoms with Crippen molar-refractivity contribution in [3.63, 3.8) is 0 Å². The topological polar surface area (TPSA) is 67.4 Å². The zero-order chi connectivity index (χ0) is 21.1. The quantitative estimate of drug-likeness (QED) is 0.463. The van der Waals surface area contributed by atoms with Crippen molar-refractivity contribution in [2.75, 3.05) is 17.2 Å². The van der Waals surface area contributed by atoms with Crippen LogP contribution in [0.15, 0.2) is 71.2 Å². The van der Waals surface area contributed by atoms with Gasteiger partial charge in [0.15, 0.2) is 6.61 Å². The first kappa shape index (κ1) is 20.2. The molecule has 4 rings (SSSR count). The van der Waals surface area contributed by atoms with Crippen molar-refractivity contribution in [3.8, 4) is 5.75 Å². The number of amides is 2. The molecule has 7 heteroatoms. The summed E-state index contributed by atoms with van der Waals surface area (Å²) < 4.78 is 6.48. The summed E-state index contributed by atoms with van der Waals surface area (Å²) in [6.45, 7) is -0.106. The maximum absolute atomic E-state index is 12.3. The van der Waals surface area contributed by atoms with Gasteiger partial charge in [-0.25, -0.2) is 0 Å². The standard InChI is InChI=1S/C23H16BrClN2O3/c24-15-3-6-17(7-4-15)26-22(28)13-30-18-8-1-14(2-9-18)11-20-19-12-16(25)5-10-21(19)27-23(20)29/h1-12H,13H2,(H,26,28)(H,27,29)/b20-11+. The summed E-state index contributed by atoms with van der Waals surface area (Å²) in [5.41, 5.74) is 3.60. The predicted octanol–water partition coefficient (Wildman–Crippen LogP) is 5.61. The summed E-state index contributed by atoms with van der Waals surface area (Å²) in [4.78, 5) is 24.3. The van der Waals surface area contributed by atoms with Crippen LogP contribution in [-0.2, 0) is 9.59 Å². The molecule has 3 aromatic rings. The van der Waals surface area contributed by atoms with Gasteiger partial charge in [-0.1, -0.05) is 39.7 Å². The highest BCUT2D eigenvalue weighted by Crippen LogP contribution is 2.35. The number of carbonyl (C=O) groups is 2. The summed E-state index contributed by atoms with van der Waals surface area (Å²) in [6, 6.07) is 19.7. The van der Waals surface area contributed by atoms with E-state index in [9.17, 15) is 9.59 Å². The fraction of sp³-hybridized carbons (Fsp3) is 0.0435. The number of hydrogen-bond acceptors (Lipinski definition) is 3. The van der Waals surface area contributed by atoms with Crippen LogP contribution in [0.25, 0.3) is 11.6 Å². The molecule has 0 aliphatic carbocycles. The molecule has 0 radical (unpaired) electrons. The van der Waals surface area contributed by atoms with E-state index in [1.165, 1.54) is 0 Å². The molecule has 1 aliphatic rings. The van der Waals surface area contributed by atoms with Crippen LogP contribution < -0.4 is 15.4 Å². The number of fused-ring (bicyclic) bond motifs is 1. The predicted molar refractivity (Wildman–Crippen MR) is 123 cm³/mol. The zero-order valence-electron chi connectivity index (χ0n) is 15.6. The average molecular weight is 484 g/mol. The van der Waals surface area contributed by atoms with Gasteiger partial charge in [-0.05, 0) is 66.2 Å². The Bertz CT molecular complexity index is 1140. The fourth-order valence-electron chi connectivity index (χ4n) is 3.01. The van der Waals surface area contributed by atoms with Crippen molar-refractivity contribution in [2.24, 2.45) is 0 Å². The summed E-state index contributed by atoms with van der Waals surface area (Å²) in [7, 11) is 0. The number of hydrogen-bond donors (Lipinski definition) is 2. The number of ether oxygens (including phenoxy) is 1. The summed E-state index contributed by atoms with van der Waals surface area (Å²) in [5.74, 6) is 0.138. The largest absolute Gasteiger partial charge is 0.484 e. The Kier molecular flexibility index (Phi) is 5.88. The van der Waals surface area contributed by atoms with Crippen LogP contribution in [0.3, 0.4) is 0 Å². The van der Waals surface area contributed by atoms with Gasteiger partial charge in [0.05, 0.1) is 0 Å². The number of halogens is 2. The molecule has 3 aromatic carbocycles. The molecule has 2 amide bonds. The molecule has 0 fully saturated rings. The van der Waals surface area contributed by atoms with E-state index in [0.717, 1.165) is 21.3 Å². The molecule has 5 nitrogen and oxygen atoms in total. The number of benzene rings is 3. The third kappa shape index (κ3) is 4.72. The Hall–Kier alpha value is -3.09. The van der Waals surface area contributed by atoms with E-state index in [1.54, 1.807) is 48.5 Å². The minimum atomic E-state index is -0.250. The molecule has 2 N–H and O–H groups in total. The van der Waals surface area contributed by atoms with Crippen molar-refractivity contribution in [1.29, 1.82) is 0 Å². The van der Waals surface area contributed by atoms with Gasteiger partial charge in [-0.2, -0.15) is 0 Å². The normalized spacial score (nSPS) is 13.7. The minimum Gasteiger partial charge on any atom is -0.484 e. The van der Waals surface area contributed by atoms with Crippen LogP contribution in [0.2, 0.25) is 5.02 Å². The Labute approximate surface area is 186 Å². The van der Waals surface area contributed by atoms with Crippen LogP contribution in [0, 0.1) is 0 Å². The molecule has 0 bridgehead atoms. The van der Waals surface area contributed by atoms with Gasteiger partial charge in [-0.3, -0.25) is 9.59 Å². The van der Waals surface area contributed by atoms with Gasteiger partial charge in [0.25, 0.3) is 11.8 Å². The molecule has 0 spiro atoms. The van der Waals surface area contributed by atoms with Crippen molar-refractivity contribution >= 4 is 62.4 Å².